The molecule has 3 fully saturated rings. The smallest absolute Gasteiger partial charge is 0.372 e. The largest absolute Gasteiger partial charge is 0.512 e. The first kappa shape index (κ1) is 14.2. The second-order valence-corrected chi connectivity index (χ2v) is 8.66. The Morgan fingerprint density at radius 2 is 1.90 bits per heavy atom. The Kier molecular flexibility index (Phi) is 4.53. The van der Waals surface area contributed by atoms with Crippen molar-refractivity contribution in [3.63, 3.8) is 0 Å². The number of aromatic nitrogens is 2. The first-order valence-electron chi connectivity index (χ1n) is 6.58. The molecule has 3 aliphatic heterocycles. The highest BCUT2D eigenvalue weighted by Crippen LogP contribution is 2.23. The predicted molar refractivity (Wildman–Crippen MR) is 75.6 cm³/mol. The number of thioether (sulfide) groups is 1. The second-order valence-electron chi connectivity index (χ2n) is 4.60. The van der Waals surface area contributed by atoms with E-state index in [1.54, 1.807) is 0 Å². The maximum absolute atomic E-state index is 11.3. The minimum atomic E-state index is -2.65. The topological polar surface area (TPSA) is 76.7 Å². The lowest BCUT2D eigenvalue weighted by molar-refractivity contribution is -0.00444. The molecule has 0 aromatic carbocycles. The van der Waals surface area contributed by atoms with Crippen LogP contribution in [0.5, 0.6) is 0 Å². The van der Waals surface area contributed by atoms with E-state index < -0.39 is 8.80 Å². The van der Waals surface area contributed by atoms with E-state index in [1.807, 2.05) is 0 Å². The SMILES string of the molecule is O=c1ccnc(SC[Si]23OCCN(CCO2)CCO3)[nH]1. The lowest BCUT2D eigenvalue weighted by Gasteiger charge is -2.37. The molecule has 9 heteroatoms. The molecule has 0 radical (unpaired) electrons. The quantitative estimate of drug-likeness (QED) is 0.467. The fourth-order valence-electron chi connectivity index (χ4n) is 2.16. The number of aromatic amines is 1. The summed E-state index contributed by atoms with van der Waals surface area (Å²) >= 11 is 1.42. The normalized spacial score (nSPS) is 30.5. The molecular formula is C11H17N3O4SSi. The third-order valence-corrected chi connectivity index (χ3v) is 7.63. The highest BCUT2D eigenvalue weighted by Gasteiger charge is 2.44. The van der Waals surface area contributed by atoms with E-state index in [4.69, 9.17) is 13.3 Å². The summed E-state index contributed by atoms with van der Waals surface area (Å²) in [5.41, 5.74) is -0.157. The summed E-state index contributed by atoms with van der Waals surface area (Å²) in [5.74, 6) is 0. The van der Waals surface area contributed by atoms with Gasteiger partial charge in [0.05, 0.1) is 25.2 Å². The molecule has 3 aliphatic rings. The maximum Gasteiger partial charge on any atom is 0.512 e. The first-order chi connectivity index (χ1) is 9.76. The molecule has 20 heavy (non-hydrogen) atoms. The van der Waals surface area contributed by atoms with E-state index in [1.165, 1.54) is 24.0 Å². The lowest BCUT2D eigenvalue weighted by Crippen LogP contribution is -2.57. The Balaban J connectivity index is 1.68. The summed E-state index contributed by atoms with van der Waals surface area (Å²) < 4.78 is 17.7. The highest BCUT2D eigenvalue weighted by atomic mass is 32.2. The molecule has 0 spiro atoms. The van der Waals surface area contributed by atoms with Crippen LogP contribution >= 0.6 is 11.8 Å². The molecule has 3 saturated heterocycles. The van der Waals surface area contributed by atoms with Gasteiger partial charge in [0.25, 0.3) is 5.56 Å². The van der Waals surface area contributed by atoms with E-state index in [-0.39, 0.29) is 5.56 Å². The number of H-pyrrole nitrogens is 1. The molecule has 110 valence electrons. The van der Waals surface area contributed by atoms with Gasteiger partial charge >= 0.3 is 8.80 Å². The van der Waals surface area contributed by atoms with Crippen LogP contribution in [-0.4, -0.2) is 68.5 Å². The van der Waals surface area contributed by atoms with Gasteiger partial charge in [0, 0.05) is 31.9 Å². The fraction of sp³-hybridized carbons (Fsp3) is 0.636. The zero-order valence-corrected chi connectivity index (χ0v) is 12.9. The van der Waals surface area contributed by atoms with Crippen LogP contribution in [0.15, 0.2) is 22.2 Å². The van der Waals surface area contributed by atoms with Crippen LogP contribution in [0.25, 0.3) is 0 Å². The van der Waals surface area contributed by atoms with Crippen molar-refractivity contribution in [2.45, 2.75) is 5.16 Å². The first-order valence-corrected chi connectivity index (χ1v) is 9.50. The molecule has 1 N–H and O–H groups in total. The van der Waals surface area contributed by atoms with Crippen molar-refractivity contribution in [3.8, 4) is 0 Å². The van der Waals surface area contributed by atoms with Crippen molar-refractivity contribution in [3.05, 3.63) is 22.6 Å². The Hall–Kier alpha value is -0.713. The third-order valence-electron chi connectivity index (χ3n) is 3.22. The zero-order chi connectivity index (χ0) is 13.8. The van der Waals surface area contributed by atoms with Gasteiger partial charge in [-0.1, -0.05) is 11.8 Å². The highest BCUT2D eigenvalue weighted by molar-refractivity contribution is 8.00. The van der Waals surface area contributed by atoms with Crippen LogP contribution in [0.2, 0.25) is 0 Å². The molecule has 1 aromatic heterocycles. The molecule has 2 bridgehead atoms. The Bertz CT molecular complexity index is 488. The van der Waals surface area contributed by atoms with Crippen molar-refractivity contribution in [2.75, 3.05) is 44.8 Å². The lowest BCUT2D eigenvalue weighted by atomic mass is 10.4. The molecule has 0 aliphatic carbocycles. The summed E-state index contributed by atoms with van der Waals surface area (Å²) in [4.78, 5) is 20.3. The van der Waals surface area contributed by atoms with Gasteiger partial charge in [-0.25, -0.2) is 4.98 Å². The van der Waals surface area contributed by atoms with E-state index in [0.717, 1.165) is 19.6 Å². The van der Waals surface area contributed by atoms with E-state index in [2.05, 4.69) is 14.9 Å². The van der Waals surface area contributed by atoms with Gasteiger partial charge in [-0.2, -0.15) is 0 Å². The van der Waals surface area contributed by atoms with E-state index >= 15 is 0 Å². The van der Waals surface area contributed by atoms with Crippen LogP contribution in [0, 0.1) is 0 Å². The minimum absolute atomic E-state index is 0.157. The summed E-state index contributed by atoms with van der Waals surface area (Å²) in [6.45, 7) is 4.66. The Morgan fingerprint density at radius 3 is 2.50 bits per heavy atom. The van der Waals surface area contributed by atoms with E-state index in [0.29, 0.717) is 30.4 Å². The van der Waals surface area contributed by atoms with Gasteiger partial charge in [-0.15, -0.1) is 0 Å². The number of fused-ring (bicyclic) bond motifs is 6. The molecule has 0 unspecified atom stereocenters. The van der Waals surface area contributed by atoms with Gasteiger partial charge < -0.3 is 18.3 Å². The summed E-state index contributed by atoms with van der Waals surface area (Å²) in [7, 11) is -2.65. The van der Waals surface area contributed by atoms with Crippen molar-refractivity contribution in [2.24, 2.45) is 0 Å². The molecule has 0 saturated carbocycles. The van der Waals surface area contributed by atoms with Crippen molar-refractivity contribution in [1.82, 2.24) is 14.9 Å². The molecule has 1 aromatic rings. The fourth-order valence-corrected chi connectivity index (χ4v) is 6.18. The minimum Gasteiger partial charge on any atom is -0.372 e. The second kappa shape index (κ2) is 6.37. The molecular weight excluding hydrogens is 298 g/mol. The monoisotopic (exact) mass is 315 g/mol. The van der Waals surface area contributed by atoms with Crippen LogP contribution in [0.1, 0.15) is 0 Å². The van der Waals surface area contributed by atoms with Crippen LogP contribution < -0.4 is 5.56 Å². The third kappa shape index (κ3) is 3.48. The molecule has 4 heterocycles. The molecule has 0 atom stereocenters. The van der Waals surface area contributed by atoms with E-state index in [9.17, 15) is 4.79 Å². The summed E-state index contributed by atoms with van der Waals surface area (Å²) in [6.07, 6.45) is 1.50. The van der Waals surface area contributed by atoms with Crippen LogP contribution in [0.3, 0.4) is 0 Å². The molecule has 7 nitrogen and oxygen atoms in total. The predicted octanol–water partition coefficient (Wildman–Crippen LogP) is -0.281. The van der Waals surface area contributed by atoms with Crippen molar-refractivity contribution >= 4 is 20.6 Å². The average Bonchev–Trinajstić information content (AvgIpc) is 2.36. The molecule has 4 rings (SSSR count). The Labute approximate surface area is 122 Å². The van der Waals surface area contributed by atoms with Gasteiger partial charge in [-0.05, 0) is 0 Å². The number of rotatable bonds is 3. The maximum atomic E-state index is 11.3. The average molecular weight is 315 g/mol. The summed E-state index contributed by atoms with van der Waals surface area (Å²) in [6, 6.07) is 1.39. The standard InChI is InChI=1S/C11H17N3O4SSi/c15-10-1-2-12-11(13-10)19-9-20-16-6-3-14(4-7-17-20)5-8-18-20/h1-2H,3-9H2,(H,12,13,15). The Morgan fingerprint density at radius 1 is 1.25 bits per heavy atom. The van der Waals surface area contributed by atoms with Gasteiger partial charge in [-0.3, -0.25) is 9.69 Å². The van der Waals surface area contributed by atoms with Gasteiger partial charge in [0.2, 0.25) is 0 Å². The number of nitrogens with zero attached hydrogens (tertiary/aromatic N) is 2. The van der Waals surface area contributed by atoms with Crippen LogP contribution in [-0.2, 0) is 13.3 Å². The van der Waals surface area contributed by atoms with Gasteiger partial charge in [0.1, 0.15) is 0 Å². The van der Waals surface area contributed by atoms with Crippen LogP contribution in [0.4, 0.5) is 0 Å². The van der Waals surface area contributed by atoms with Gasteiger partial charge in [0.15, 0.2) is 5.16 Å². The summed E-state index contributed by atoms with van der Waals surface area (Å²) in [5, 5.41) is 1.14. The van der Waals surface area contributed by atoms with Crippen molar-refractivity contribution < 1.29 is 13.3 Å². The zero-order valence-electron chi connectivity index (χ0n) is 11.0. The van der Waals surface area contributed by atoms with Crippen molar-refractivity contribution in [1.29, 1.82) is 0 Å². The molecule has 0 amide bonds. The number of nitrogens with one attached hydrogen (secondary N) is 1. The number of hydrogen-bond donors (Lipinski definition) is 1. The number of hydrogen-bond acceptors (Lipinski definition) is 7.